The molecule has 1 aromatic carbocycles. The normalized spacial score (nSPS) is 11.2. The lowest BCUT2D eigenvalue weighted by molar-refractivity contribution is 0.102. The molecule has 0 atom stereocenters. The molecule has 6 heteroatoms. The molecule has 0 saturated carbocycles. The summed E-state index contributed by atoms with van der Waals surface area (Å²) in [6.45, 7) is 8.50. The van der Waals surface area contributed by atoms with Crippen molar-refractivity contribution in [2.75, 3.05) is 5.32 Å². The van der Waals surface area contributed by atoms with Gasteiger partial charge in [-0.25, -0.2) is 0 Å². The Labute approximate surface area is 139 Å². The van der Waals surface area contributed by atoms with Gasteiger partial charge in [0.25, 0.3) is 5.91 Å². The van der Waals surface area contributed by atoms with E-state index < -0.39 is 0 Å². The Balaban J connectivity index is 2.10. The molecule has 1 aromatic heterocycles. The van der Waals surface area contributed by atoms with Gasteiger partial charge in [0.15, 0.2) is 0 Å². The molecule has 0 aliphatic rings. The first-order valence-electron chi connectivity index (χ1n) is 7.35. The van der Waals surface area contributed by atoms with Crippen molar-refractivity contribution in [1.82, 2.24) is 10.2 Å². The number of hydrogen-bond donors (Lipinski definition) is 1. The Hall–Kier alpha value is -1.40. The van der Waals surface area contributed by atoms with Crippen molar-refractivity contribution < 1.29 is 4.79 Å². The minimum Gasteiger partial charge on any atom is -0.296 e. The molecule has 0 saturated heterocycles. The smallest absolute Gasteiger partial charge is 0.258 e. The summed E-state index contributed by atoms with van der Waals surface area (Å²) in [6.07, 6.45) is 0.882. The quantitative estimate of drug-likeness (QED) is 0.790. The van der Waals surface area contributed by atoms with E-state index in [1.807, 2.05) is 24.3 Å². The van der Waals surface area contributed by atoms with E-state index in [4.69, 9.17) is 0 Å². The van der Waals surface area contributed by atoms with Crippen molar-refractivity contribution in [2.24, 2.45) is 5.92 Å². The van der Waals surface area contributed by atoms with Crippen LogP contribution in [0.15, 0.2) is 29.2 Å². The summed E-state index contributed by atoms with van der Waals surface area (Å²) in [6, 6.07) is 7.65. The maximum atomic E-state index is 12.5. The fraction of sp³-hybridized carbons (Fsp3) is 0.438. The highest BCUT2D eigenvalue weighted by Gasteiger charge is 2.15. The van der Waals surface area contributed by atoms with Crippen LogP contribution < -0.4 is 5.32 Å². The van der Waals surface area contributed by atoms with Crippen LogP contribution in [0, 0.1) is 5.92 Å². The zero-order chi connectivity index (χ0) is 16.1. The highest BCUT2D eigenvalue weighted by atomic mass is 32.2. The topological polar surface area (TPSA) is 54.9 Å². The van der Waals surface area contributed by atoms with Crippen LogP contribution in [0.2, 0.25) is 0 Å². The third-order valence-electron chi connectivity index (χ3n) is 2.76. The maximum Gasteiger partial charge on any atom is 0.258 e. The number of hydrogen-bond acceptors (Lipinski definition) is 5. The molecular formula is C16H21N3OS2. The number of nitrogens with one attached hydrogen (secondary N) is 1. The molecule has 1 heterocycles. The Morgan fingerprint density at radius 2 is 1.95 bits per heavy atom. The zero-order valence-corrected chi connectivity index (χ0v) is 14.9. The van der Waals surface area contributed by atoms with Crippen molar-refractivity contribution in [3.63, 3.8) is 0 Å². The highest BCUT2D eigenvalue weighted by Crippen LogP contribution is 2.27. The van der Waals surface area contributed by atoms with Gasteiger partial charge in [-0.15, -0.1) is 22.0 Å². The van der Waals surface area contributed by atoms with Crippen LogP contribution in [-0.2, 0) is 6.42 Å². The molecule has 2 rings (SSSR count). The first-order chi connectivity index (χ1) is 10.5. The van der Waals surface area contributed by atoms with Crippen LogP contribution in [0.25, 0.3) is 0 Å². The third kappa shape index (κ3) is 4.81. The van der Waals surface area contributed by atoms with Crippen LogP contribution in [0.5, 0.6) is 0 Å². The Morgan fingerprint density at radius 1 is 1.23 bits per heavy atom. The lowest BCUT2D eigenvalue weighted by Crippen LogP contribution is -2.13. The van der Waals surface area contributed by atoms with Gasteiger partial charge >= 0.3 is 0 Å². The number of nitrogens with zero attached hydrogens (tertiary/aromatic N) is 2. The number of rotatable bonds is 6. The van der Waals surface area contributed by atoms with E-state index in [1.165, 1.54) is 11.3 Å². The second kappa shape index (κ2) is 7.74. The lowest BCUT2D eigenvalue weighted by atomic mass is 10.1. The molecule has 1 amide bonds. The van der Waals surface area contributed by atoms with Crippen LogP contribution in [0.3, 0.4) is 0 Å². The maximum absolute atomic E-state index is 12.5. The third-order valence-corrected chi connectivity index (χ3v) is 4.71. The standard InChI is InChI=1S/C16H21N3OS2/c1-10(2)9-14-18-19-16(22-14)17-15(20)12-7-5-6-8-13(12)21-11(3)4/h5-8,10-11H,9H2,1-4H3,(H,17,19,20). The lowest BCUT2D eigenvalue weighted by Gasteiger charge is -2.10. The first kappa shape index (κ1) is 17.0. The van der Waals surface area contributed by atoms with Crippen LogP contribution in [-0.4, -0.2) is 21.4 Å². The SMILES string of the molecule is CC(C)Cc1nnc(NC(=O)c2ccccc2SC(C)C)s1. The predicted molar refractivity (Wildman–Crippen MR) is 93.8 cm³/mol. The number of carbonyl (C=O) groups is 1. The van der Waals surface area contributed by atoms with E-state index in [9.17, 15) is 4.79 Å². The van der Waals surface area contributed by atoms with Gasteiger partial charge in [-0.2, -0.15) is 0 Å². The van der Waals surface area contributed by atoms with Crippen LogP contribution in [0.1, 0.15) is 43.1 Å². The van der Waals surface area contributed by atoms with Crippen LogP contribution in [0.4, 0.5) is 5.13 Å². The molecular weight excluding hydrogens is 314 g/mol. The van der Waals surface area contributed by atoms with Crippen LogP contribution >= 0.6 is 23.1 Å². The van der Waals surface area contributed by atoms with Gasteiger partial charge in [0.2, 0.25) is 5.13 Å². The van der Waals surface area contributed by atoms with Crippen molar-refractivity contribution in [2.45, 2.75) is 44.3 Å². The van der Waals surface area contributed by atoms with E-state index in [1.54, 1.807) is 11.8 Å². The van der Waals surface area contributed by atoms with Gasteiger partial charge in [-0.05, 0) is 18.1 Å². The largest absolute Gasteiger partial charge is 0.296 e. The van der Waals surface area contributed by atoms with Crippen molar-refractivity contribution in [3.05, 3.63) is 34.8 Å². The summed E-state index contributed by atoms with van der Waals surface area (Å²) in [7, 11) is 0. The fourth-order valence-electron chi connectivity index (χ4n) is 1.91. The number of thioether (sulfide) groups is 1. The number of aromatic nitrogens is 2. The van der Waals surface area contributed by atoms with E-state index in [0.717, 1.165) is 16.3 Å². The van der Waals surface area contributed by atoms with Crippen molar-refractivity contribution >= 4 is 34.1 Å². The molecule has 2 aromatic rings. The Bertz CT molecular complexity index is 638. The minimum atomic E-state index is -0.129. The summed E-state index contributed by atoms with van der Waals surface area (Å²) in [5.41, 5.74) is 0.682. The second-order valence-electron chi connectivity index (χ2n) is 5.72. The molecule has 0 unspecified atom stereocenters. The molecule has 0 fully saturated rings. The Kier molecular flexibility index (Phi) is 5.97. The summed E-state index contributed by atoms with van der Waals surface area (Å²) in [4.78, 5) is 13.5. The van der Waals surface area contributed by atoms with E-state index in [0.29, 0.717) is 21.9 Å². The van der Waals surface area contributed by atoms with E-state index >= 15 is 0 Å². The summed E-state index contributed by atoms with van der Waals surface area (Å²) >= 11 is 3.13. The Morgan fingerprint density at radius 3 is 2.64 bits per heavy atom. The molecule has 1 N–H and O–H groups in total. The average molecular weight is 335 g/mol. The van der Waals surface area contributed by atoms with Gasteiger partial charge in [-0.1, -0.05) is 51.2 Å². The van der Waals surface area contributed by atoms with E-state index in [-0.39, 0.29) is 5.91 Å². The molecule has 118 valence electrons. The molecule has 0 aliphatic heterocycles. The molecule has 0 radical (unpaired) electrons. The summed E-state index contributed by atoms with van der Waals surface area (Å²) < 4.78 is 0. The summed E-state index contributed by atoms with van der Waals surface area (Å²) in [5.74, 6) is 0.399. The highest BCUT2D eigenvalue weighted by molar-refractivity contribution is 8.00. The fourth-order valence-corrected chi connectivity index (χ4v) is 3.81. The van der Waals surface area contributed by atoms with Gasteiger partial charge in [0.1, 0.15) is 5.01 Å². The second-order valence-corrected chi connectivity index (χ2v) is 8.40. The summed E-state index contributed by atoms with van der Waals surface area (Å²) in [5, 5.41) is 13.0. The molecule has 0 bridgehead atoms. The first-order valence-corrected chi connectivity index (χ1v) is 9.04. The molecule has 22 heavy (non-hydrogen) atoms. The van der Waals surface area contributed by atoms with Gasteiger partial charge in [0, 0.05) is 16.6 Å². The number of anilines is 1. The van der Waals surface area contributed by atoms with Crippen molar-refractivity contribution in [1.29, 1.82) is 0 Å². The number of benzene rings is 1. The molecule has 4 nitrogen and oxygen atoms in total. The van der Waals surface area contributed by atoms with Crippen molar-refractivity contribution in [3.8, 4) is 0 Å². The van der Waals surface area contributed by atoms with Gasteiger partial charge < -0.3 is 0 Å². The molecule has 0 aliphatic carbocycles. The number of carbonyl (C=O) groups excluding carboxylic acids is 1. The molecule has 0 spiro atoms. The number of amides is 1. The monoisotopic (exact) mass is 335 g/mol. The van der Waals surface area contributed by atoms with E-state index in [2.05, 4.69) is 43.2 Å². The van der Waals surface area contributed by atoms with Gasteiger partial charge in [0.05, 0.1) is 5.56 Å². The average Bonchev–Trinajstić information content (AvgIpc) is 2.84. The zero-order valence-electron chi connectivity index (χ0n) is 13.3. The minimum absolute atomic E-state index is 0.129. The van der Waals surface area contributed by atoms with Gasteiger partial charge in [-0.3, -0.25) is 10.1 Å². The predicted octanol–water partition coefficient (Wildman–Crippen LogP) is 4.49.